The third kappa shape index (κ3) is 1.68. The SMILES string of the molecule is CCC[CH2][Sn]([CH2]CCC)[C]12C[C@]13CC1=CO[C@H](O1)[C@@H]3O2. The standard InChI is InChI=1S/C8H7O3.2C4H9.Sn/c1-4-3-9-7(10-4)6-8(1)2-5(8)11-6;2*1-3-4-2;/h3,6-7H,1-2H2;2*1,3-4H2,2H3;/t6-,7+,8+;;;/m0.../s1. The second-order valence-corrected chi connectivity index (χ2v) is 15.5. The molecule has 4 aliphatic rings. The predicted octanol–water partition coefficient (Wildman–Crippen LogP) is 3.77. The molecule has 20 heavy (non-hydrogen) atoms. The van der Waals surface area contributed by atoms with Crippen LogP contribution in [-0.4, -0.2) is 35.8 Å². The van der Waals surface area contributed by atoms with E-state index in [-0.39, 0.29) is 12.4 Å². The maximum absolute atomic E-state index is 6.49. The topological polar surface area (TPSA) is 27.7 Å². The van der Waals surface area contributed by atoms with Gasteiger partial charge in [-0.3, -0.25) is 0 Å². The van der Waals surface area contributed by atoms with Crippen LogP contribution in [0.2, 0.25) is 8.87 Å². The fourth-order valence-electron chi connectivity index (χ4n) is 4.53. The van der Waals surface area contributed by atoms with Gasteiger partial charge in [-0.25, -0.2) is 0 Å². The Bertz CT molecular complexity index is 429. The molecule has 1 radical (unpaired) electrons. The fraction of sp³-hybridized carbons (Fsp3) is 0.875. The second-order valence-electron chi connectivity index (χ2n) is 6.89. The molecule has 1 saturated carbocycles. The molecule has 1 aliphatic carbocycles. The Kier molecular flexibility index (Phi) is 3.30. The van der Waals surface area contributed by atoms with Gasteiger partial charge < -0.3 is 0 Å². The van der Waals surface area contributed by atoms with Crippen molar-refractivity contribution in [3.8, 4) is 0 Å². The molecular weight excluding hydrogens is 359 g/mol. The molecule has 3 heterocycles. The van der Waals surface area contributed by atoms with E-state index in [0.717, 1.165) is 12.2 Å². The first-order valence-corrected chi connectivity index (χ1v) is 13.8. The van der Waals surface area contributed by atoms with E-state index >= 15 is 0 Å². The molecule has 111 valence electrons. The molecule has 3 aliphatic heterocycles. The number of allylic oxidation sites excluding steroid dienone is 1. The molecule has 1 unspecified atom stereocenters. The van der Waals surface area contributed by atoms with E-state index in [4.69, 9.17) is 14.2 Å². The van der Waals surface area contributed by atoms with E-state index in [0.29, 0.717) is 9.03 Å². The van der Waals surface area contributed by atoms with E-state index in [1.807, 2.05) is 6.26 Å². The molecule has 2 bridgehead atoms. The average Bonchev–Trinajstić information content (AvgIpc) is 2.78. The Hall–Kier alpha value is 0.0987. The molecule has 0 amide bonds. The second kappa shape index (κ2) is 4.80. The van der Waals surface area contributed by atoms with Gasteiger partial charge in [0.1, 0.15) is 0 Å². The van der Waals surface area contributed by atoms with Crippen LogP contribution >= 0.6 is 0 Å². The summed E-state index contributed by atoms with van der Waals surface area (Å²) in [6.07, 6.45) is 9.90. The zero-order chi connectivity index (χ0) is 13.8. The van der Waals surface area contributed by atoms with Crippen molar-refractivity contribution in [3.05, 3.63) is 12.0 Å². The first-order chi connectivity index (χ1) is 9.76. The summed E-state index contributed by atoms with van der Waals surface area (Å²) < 4.78 is 21.3. The van der Waals surface area contributed by atoms with E-state index in [1.54, 1.807) is 0 Å². The monoisotopic (exact) mass is 385 g/mol. The summed E-state index contributed by atoms with van der Waals surface area (Å²) in [5.74, 6) is 1.09. The Morgan fingerprint density at radius 2 is 2.00 bits per heavy atom. The van der Waals surface area contributed by atoms with Gasteiger partial charge in [0.25, 0.3) is 0 Å². The van der Waals surface area contributed by atoms with E-state index in [1.165, 1.54) is 41.0 Å². The Morgan fingerprint density at radius 1 is 1.25 bits per heavy atom. The van der Waals surface area contributed by atoms with Crippen LogP contribution in [-0.2, 0) is 14.2 Å². The molecule has 0 aromatic rings. The van der Waals surface area contributed by atoms with Gasteiger partial charge in [0.15, 0.2) is 0 Å². The number of unbranched alkanes of at least 4 members (excludes halogenated alkanes) is 2. The van der Waals surface area contributed by atoms with Crippen molar-refractivity contribution in [2.24, 2.45) is 5.41 Å². The van der Waals surface area contributed by atoms with Crippen molar-refractivity contribution < 1.29 is 14.2 Å². The van der Waals surface area contributed by atoms with Crippen LogP contribution in [0.5, 0.6) is 0 Å². The third-order valence-electron chi connectivity index (χ3n) is 5.69. The molecule has 1 spiro atoms. The van der Waals surface area contributed by atoms with Gasteiger partial charge in [-0.2, -0.15) is 0 Å². The van der Waals surface area contributed by atoms with Crippen molar-refractivity contribution in [3.63, 3.8) is 0 Å². The summed E-state index contributed by atoms with van der Waals surface area (Å²) in [4.78, 5) is 0. The minimum absolute atomic E-state index is 0.114. The van der Waals surface area contributed by atoms with Gasteiger partial charge in [-0.05, 0) is 0 Å². The van der Waals surface area contributed by atoms with Crippen molar-refractivity contribution in [2.75, 3.05) is 0 Å². The summed E-state index contributed by atoms with van der Waals surface area (Å²) in [7, 11) is 0. The molecule has 3 fully saturated rings. The van der Waals surface area contributed by atoms with Gasteiger partial charge in [0.2, 0.25) is 0 Å². The first-order valence-electron chi connectivity index (χ1n) is 8.30. The van der Waals surface area contributed by atoms with Gasteiger partial charge in [0.05, 0.1) is 0 Å². The van der Waals surface area contributed by atoms with Crippen LogP contribution in [0.4, 0.5) is 0 Å². The molecule has 4 atom stereocenters. The summed E-state index contributed by atoms with van der Waals surface area (Å²) in [5.41, 5.74) is 0.453. The van der Waals surface area contributed by atoms with Gasteiger partial charge >= 0.3 is 129 Å². The Balaban J connectivity index is 1.50. The number of hydrogen-bond acceptors (Lipinski definition) is 3. The molecule has 2 saturated heterocycles. The normalized spacial score (nSPS) is 43.0. The summed E-state index contributed by atoms with van der Waals surface area (Å²) in [6, 6.07) is 0. The van der Waals surface area contributed by atoms with Crippen LogP contribution in [0.3, 0.4) is 0 Å². The summed E-state index contributed by atoms with van der Waals surface area (Å²) in [6.45, 7) is 4.64. The van der Waals surface area contributed by atoms with Gasteiger partial charge in [0, 0.05) is 0 Å². The molecule has 4 rings (SSSR count). The van der Waals surface area contributed by atoms with E-state index in [9.17, 15) is 0 Å². The zero-order valence-corrected chi connectivity index (χ0v) is 15.5. The van der Waals surface area contributed by atoms with Crippen molar-refractivity contribution in [2.45, 2.75) is 77.3 Å². The molecular formula is C16H25O3Sn. The summed E-state index contributed by atoms with van der Waals surface area (Å²) in [5, 5.41) is 0. The Morgan fingerprint density at radius 3 is 2.70 bits per heavy atom. The van der Waals surface area contributed by atoms with Gasteiger partial charge in [-0.1, -0.05) is 0 Å². The van der Waals surface area contributed by atoms with Crippen LogP contribution in [0.15, 0.2) is 12.0 Å². The van der Waals surface area contributed by atoms with Crippen LogP contribution < -0.4 is 0 Å². The van der Waals surface area contributed by atoms with Crippen LogP contribution in [0.25, 0.3) is 0 Å². The van der Waals surface area contributed by atoms with E-state index in [2.05, 4.69) is 13.8 Å². The van der Waals surface area contributed by atoms with Crippen molar-refractivity contribution in [1.82, 2.24) is 0 Å². The molecule has 0 aromatic carbocycles. The minimum atomic E-state index is -1.45. The third-order valence-corrected chi connectivity index (χ3v) is 16.7. The average molecular weight is 384 g/mol. The Labute approximate surface area is 128 Å². The van der Waals surface area contributed by atoms with Crippen molar-refractivity contribution in [1.29, 1.82) is 0 Å². The molecule has 0 aromatic heterocycles. The maximum atomic E-state index is 6.49. The fourth-order valence-corrected chi connectivity index (χ4v) is 17.1. The number of fused-ring (bicyclic) bond motifs is 3. The first kappa shape index (κ1) is 13.7. The molecule has 0 N–H and O–H groups in total. The van der Waals surface area contributed by atoms with Crippen molar-refractivity contribution >= 4 is 19.8 Å². The zero-order valence-electron chi connectivity index (χ0n) is 12.6. The molecule has 4 heteroatoms. The number of hydrogen-bond donors (Lipinski definition) is 0. The van der Waals surface area contributed by atoms with Gasteiger partial charge in [-0.15, -0.1) is 0 Å². The molecule has 3 nitrogen and oxygen atoms in total. The quantitative estimate of drug-likeness (QED) is 0.626. The van der Waals surface area contributed by atoms with E-state index < -0.39 is 19.8 Å². The van der Waals surface area contributed by atoms with Crippen LogP contribution in [0, 0.1) is 5.41 Å². The number of rotatable bonds is 7. The predicted molar refractivity (Wildman–Crippen MR) is 78.5 cm³/mol. The number of ether oxygens (including phenoxy) is 3. The van der Waals surface area contributed by atoms with Crippen LogP contribution in [0.1, 0.15) is 52.4 Å². The summed E-state index contributed by atoms with van der Waals surface area (Å²) >= 11 is -1.45.